The van der Waals surface area contributed by atoms with Crippen molar-refractivity contribution in [1.82, 2.24) is 5.43 Å². The molecule has 2 aromatic carbocycles. The van der Waals surface area contributed by atoms with Crippen LogP contribution in [0.15, 0.2) is 53.6 Å². The number of hydrogen-bond acceptors (Lipinski definition) is 8. The number of benzene rings is 2. The highest BCUT2D eigenvalue weighted by Crippen LogP contribution is 2.23. The molecule has 13 heteroatoms. The fourth-order valence-corrected chi connectivity index (χ4v) is 3.11. The number of non-ortho nitro benzene ring substituents is 1. The molecule has 0 aliphatic rings. The summed E-state index contributed by atoms with van der Waals surface area (Å²) in [5.74, 6) is -0.850. The number of nitro groups is 2. The van der Waals surface area contributed by atoms with Gasteiger partial charge in [-0.25, -0.2) is 13.8 Å². The van der Waals surface area contributed by atoms with Gasteiger partial charge in [-0.2, -0.15) is 5.10 Å². The minimum absolute atomic E-state index is 0.0699. The Kier molecular flexibility index (Phi) is 6.56. The van der Waals surface area contributed by atoms with Gasteiger partial charge in [0.1, 0.15) is 6.54 Å². The number of anilines is 1. The Morgan fingerprint density at radius 3 is 2.45 bits per heavy atom. The number of nitrogens with zero attached hydrogens (tertiary/aromatic N) is 4. The van der Waals surface area contributed by atoms with Gasteiger partial charge in [-0.1, -0.05) is 18.2 Å². The van der Waals surface area contributed by atoms with Crippen molar-refractivity contribution in [3.63, 3.8) is 0 Å². The van der Waals surface area contributed by atoms with Crippen molar-refractivity contribution < 1.29 is 23.1 Å². The molecule has 0 aliphatic carbocycles. The van der Waals surface area contributed by atoms with Crippen molar-refractivity contribution in [2.45, 2.75) is 0 Å². The lowest BCUT2D eigenvalue weighted by Crippen LogP contribution is -2.39. The molecule has 152 valence electrons. The molecule has 0 saturated carbocycles. The van der Waals surface area contributed by atoms with Crippen LogP contribution in [0.25, 0.3) is 0 Å². The lowest BCUT2D eigenvalue weighted by atomic mass is 10.2. The minimum Gasteiger partial charge on any atom is -0.271 e. The van der Waals surface area contributed by atoms with Crippen molar-refractivity contribution in [2.75, 3.05) is 17.1 Å². The average Bonchev–Trinajstić information content (AvgIpc) is 2.65. The fourth-order valence-electron chi connectivity index (χ4n) is 2.26. The van der Waals surface area contributed by atoms with E-state index in [2.05, 4.69) is 10.5 Å². The molecule has 0 radical (unpaired) electrons. The van der Waals surface area contributed by atoms with E-state index in [4.69, 9.17) is 0 Å². The Hall–Kier alpha value is -3.87. The molecule has 0 bridgehead atoms. The van der Waals surface area contributed by atoms with E-state index in [-0.39, 0.29) is 22.6 Å². The number of carbonyl (C=O) groups is 1. The van der Waals surface area contributed by atoms with Crippen LogP contribution in [0.1, 0.15) is 5.56 Å². The van der Waals surface area contributed by atoms with Crippen molar-refractivity contribution in [3.05, 3.63) is 74.3 Å². The SMILES string of the molecule is CS(=O)(=O)N(CC(=O)NN=Cc1ccccc1[N+](=O)[O-])c1cccc([N+](=O)[O-])c1. The first kappa shape index (κ1) is 21.4. The van der Waals surface area contributed by atoms with E-state index in [1.807, 2.05) is 0 Å². The number of nitro benzene ring substituents is 2. The molecule has 0 spiro atoms. The van der Waals surface area contributed by atoms with Crippen molar-refractivity contribution in [2.24, 2.45) is 5.10 Å². The molecule has 29 heavy (non-hydrogen) atoms. The summed E-state index contributed by atoms with van der Waals surface area (Å²) in [5.41, 5.74) is 1.58. The highest BCUT2D eigenvalue weighted by Gasteiger charge is 2.22. The molecule has 2 aromatic rings. The summed E-state index contributed by atoms with van der Waals surface area (Å²) in [4.78, 5) is 32.6. The maximum atomic E-state index is 12.1. The number of hydrazone groups is 1. The van der Waals surface area contributed by atoms with Crippen LogP contribution in [0.5, 0.6) is 0 Å². The van der Waals surface area contributed by atoms with E-state index >= 15 is 0 Å². The number of carbonyl (C=O) groups excluding carboxylic acids is 1. The molecule has 0 saturated heterocycles. The lowest BCUT2D eigenvalue weighted by Gasteiger charge is -2.21. The van der Waals surface area contributed by atoms with Gasteiger partial charge in [0.25, 0.3) is 17.3 Å². The first-order chi connectivity index (χ1) is 13.6. The van der Waals surface area contributed by atoms with Crippen molar-refractivity contribution in [1.29, 1.82) is 0 Å². The molecule has 0 unspecified atom stereocenters. The number of sulfonamides is 1. The Balaban J connectivity index is 2.17. The summed E-state index contributed by atoms with van der Waals surface area (Å²) in [7, 11) is -3.94. The first-order valence-electron chi connectivity index (χ1n) is 7.87. The third-order valence-electron chi connectivity index (χ3n) is 3.54. The van der Waals surface area contributed by atoms with E-state index in [0.29, 0.717) is 4.31 Å². The lowest BCUT2D eigenvalue weighted by molar-refractivity contribution is -0.385. The smallest absolute Gasteiger partial charge is 0.271 e. The Bertz CT molecular complexity index is 1080. The Morgan fingerprint density at radius 1 is 1.14 bits per heavy atom. The number of amides is 1. The van der Waals surface area contributed by atoms with Crippen LogP contribution in [0.2, 0.25) is 0 Å². The standard InChI is InChI=1S/C16H15N5O7S/c1-29(27,28)19(13-6-4-7-14(9-13)20(23)24)11-16(22)18-17-10-12-5-2-3-8-15(12)21(25)26/h2-10H,11H2,1H3,(H,18,22). The summed E-state index contributed by atoms with van der Waals surface area (Å²) in [5, 5.41) is 25.4. The van der Waals surface area contributed by atoms with Crippen LogP contribution in [0, 0.1) is 20.2 Å². The van der Waals surface area contributed by atoms with Crippen molar-refractivity contribution in [3.8, 4) is 0 Å². The summed E-state index contributed by atoms with van der Waals surface area (Å²) >= 11 is 0. The van der Waals surface area contributed by atoms with Crippen LogP contribution >= 0.6 is 0 Å². The monoisotopic (exact) mass is 421 g/mol. The zero-order valence-corrected chi connectivity index (χ0v) is 15.8. The highest BCUT2D eigenvalue weighted by molar-refractivity contribution is 7.92. The molecule has 2 rings (SSSR count). The Labute approximate surface area is 164 Å². The van der Waals surface area contributed by atoms with Crippen LogP contribution in [-0.2, 0) is 14.8 Å². The number of nitrogens with one attached hydrogen (secondary N) is 1. The zero-order chi connectivity index (χ0) is 21.6. The second kappa shape index (κ2) is 8.88. The molecule has 0 aliphatic heterocycles. The second-order valence-corrected chi connectivity index (χ2v) is 7.56. The molecule has 1 N–H and O–H groups in total. The van der Waals surface area contributed by atoms with E-state index < -0.39 is 32.3 Å². The molecular formula is C16H15N5O7S. The van der Waals surface area contributed by atoms with Crippen LogP contribution < -0.4 is 9.73 Å². The quantitative estimate of drug-likeness (QED) is 0.382. The zero-order valence-electron chi connectivity index (χ0n) is 15.0. The van der Waals surface area contributed by atoms with E-state index in [1.54, 1.807) is 6.07 Å². The van der Waals surface area contributed by atoms with Gasteiger partial charge in [0, 0.05) is 18.2 Å². The second-order valence-electron chi connectivity index (χ2n) is 5.66. The molecule has 0 atom stereocenters. The molecule has 1 amide bonds. The number of hydrogen-bond donors (Lipinski definition) is 1. The maximum Gasteiger partial charge on any atom is 0.278 e. The van der Waals surface area contributed by atoms with Gasteiger partial charge < -0.3 is 0 Å². The topological polar surface area (TPSA) is 165 Å². The predicted molar refractivity (Wildman–Crippen MR) is 104 cm³/mol. The largest absolute Gasteiger partial charge is 0.278 e. The van der Waals surface area contributed by atoms with Crippen LogP contribution in [0.3, 0.4) is 0 Å². The minimum atomic E-state index is -3.94. The average molecular weight is 421 g/mol. The van der Waals surface area contributed by atoms with Gasteiger partial charge in [-0.05, 0) is 12.1 Å². The summed E-state index contributed by atoms with van der Waals surface area (Å²) < 4.78 is 24.7. The van der Waals surface area contributed by atoms with E-state index in [9.17, 15) is 33.4 Å². The van der Waals surface area contributed by atoms with Gasteiger partial charge in [0.2, 0.25) is 10.0 Å². The predicted octanol–water partition coefficient (Wildman–Crippen LogP) is 1.42. The summed E-state index contributed by atoms with van der Waals surface area (Å²) in [6.45, 7) is -0.700. The van der Waals surface area contributed by atoms with Gasteiger partial charge in [0.15, 0.2) is 0 Å². The third-order valence-corrected chi connectivity index (χ3v) is 4.68. The van der Waals surface area contributed by atoms with Crippen LogP contribution in [-0.4, -0.2) is 43.2 Å². The number of para-hydroxylation sites is 1. The van der Waals surface area contributed by atoms with Gasteiger partial charge in [0.05, 0.1) is 33.6 Å². The molecular weight excluding hydrogens is 406 g/mol. The van der Waals surface area contributed by atoms with Crippen molar-refractivity contribution >= 4 is 39.2 Å². The van der Waals surface area contributed by atoms with Crippen LogP contribution in [0.4, 0.5) is 17.1 Å². The van der Waals surface area contributed by atoms with Gasteiger partial charge in [-0.3, -0.25) is 29.3 Å². The number of rotatable bonds is 8. The first-order valence-corrected chi connectivity index (χ1v) is 9.72. The molecule has 0 fully saturated rings. The van der Waals surface area contributed by atoms with E-state index in [1.165, 1.54) is 36.4 Å². The molecule has 0 heterocycles. The molecule has 12 nitrogen and oxygen atoms in total. The Morgan fingerprint density at radius 2 is 1.83 bits per heavy atom. The highest BCUT2D eigenvalue weighted by atomic mass is 32.2. The van der Waals surface area contributed by atoms with Gasteiger partial charge in [-0.15, -0.1) is 0 Å². The summed E-state index contributed by atoms with van der Waals surface area (Å²) in [6, 6.07) is 10.5. The normalized spacial score (nSPS) is 11.2. The van der Waals surface area contributed by atoms with Gasteiger partial charge >= 0.3 is 0 Å². The summed E-state index contributed by atoms with van der Waals surface area (Å²) in [6.07, 6.45) is 1.89. The fraction of sp³-hybridized carbons (Fsp3) is 0.125. The van der Waals surface area contributed by atoms with E-state index in [0.717, 1.165) is 18.5 Å². The molecule has 0 aromatic heterocycles. The maximum absolute atomic E-state index is 12.1. The third kappa shape index (κ3) is 5.80.